The molecule has 0 aromatic carbocycles. The van der Waals surface area contributed by atoms with Crippen LogP contribution >= 0.6 is 22.6 Å². The van der Waals surface area contributed by atoms with Gasteiger partial charge in [-0.15, -0.1) is 0 Å². The molecule has 2 atom stereocenters. The number of halogens is 1. The van der Waals surface area contributed by atoms with E-state index in [2.05, 4.69) is 39.8 Å². The van der Waals surface area contributed by atoms with Crippen molar-refractivity contribution in [3.8, 4) is 0 Å². The first-order chi connectivity index (χ1) is 6.66. The van der Waals surface area contributed by atoms with Gasteiger partial charge in [-0.25, -0.2) is 4.98 Å². The number of hydrogen-bond acceptors (Lipinski definition) is 2. The molecule has 0 aliphatic heterocycles. The van der Waals surface area contributed by atoms with E-state index >= 15 is 0 Å². The molecule has 1 fully saturated rings. The number of carbonyl (C=O) groups excluding carboxylic acids is 1. The molecule has 1 aliphatic rings. The Labute approximate surface area is 96.4 Å². The van der Waals surface area contributed by atoms with E-state index in [1.54, 1.807) is 6.20 Å². The third kappa shape index (κ3) is 2.23. The molecule has 4 heteroatoms. The molecule has 1 aromatic heterocycles. The van der Waals surface area contributed by atoms with Gasteiger partial charge in [-0.3, -0.25) is 4.79 Å². The smallest absolute Gasteiger partial charge is 0.228 e. The van der Waals surface area contributed by atoms with Crippen molar-refractivity contribution in [2.45, 2.75) is 13.3 Å². The lowest BCUT2D eigenvalue weighted by molar-refractivity contribution is -0.117. The zero-order chi connectivity index (χ0) is 10.1. The highest BCUT2D eigenvalue weighted by Crippen LogP contribution is 2.38. The summed E-state index contributed by atoms with van der Waals surface area (Å²) in [5.74, 6) is 1.50. The van der Waals surface area contributed by atoms with E-state index in [1.807, 2.05) is 12.1 Å². The maximum Gasteiger partial charge on any atom is 0.228 e. The molecule has 0 spiro atoms. The topological polar surface area (TPSA) is 42.0 Å². The second kappa shape index (κ2) is 3.84. The highest BCUT2D eigenvalue weighted by atomic mass is 127. The van der Waals surface area contributed by atoms with Crippen molar-refractivity contribution in [2.24, 2.45) is 11.8 Å². The number of pyridine rings is 1. The summed E-state index contributed by atoms with van der Waals surface area (Å²) in [5.41, 5.74) is 0. The van der Waals surface area contributed by atoms with Crippen molar-refractivity contribution in [1.82, 2.24) is 4.98 Å². The van der Waals surface area contributed by atoms with Gasteiger partial charge in [-0.1, -0.05) is 6.92 Å². The van der Waals surface area contributed by atoms with Crippen LogP contribution in [0.2, 0.25) is 0 Å². The minimum absolute atomic E-state index is 0.103. The largest absolute Gasteiger partial charge is 0.310 e. The average molecular weight is 302 g/mol. The Hall–Kier alpha value is -0.650. The van der Waals surface area contributed by atoms with Crippen molar-refractivity contribution in [1.29, 1.82) is 0 Å². The van der Waals surface area contributed by atoms with E-state index in [-0.39, 0.29) is 11.8 Å². The Bertz CT molecular complexity index is 350. The second-order valence-electron chi connectivity index (χ2n) is 3.67. The predicted molar refractivity (Wildman–Crippen MR) is 62.9 cm³/mol. The molecule has 0 radical (unpaired) electrons. The van der Waals surface area contributed by atoms with Gasteiger partial charge in [0.15, 0.2) is 0 Å². The zero-order valence-corrected chi connectivity index (χ0v) is 9.98. The number of hydrogen-bond donors (Lipinski definition) is 1. The van der Waals surface area contributed by atoms with E-state index in [4.69, 9.17) is 0 Å². The highest BCUT2D eigenvalue weighted by molar-refractivity contribution is 14.1. The van der Waals surface area contributed by atoms with Crippen molar-refractivity contribution in [3.05, 3.63) is 21.9 Å². The van der Waals surface area contributed by atoms with Gasteiger partial charge in [0.2, 0.25) is 5.91 Å². The van der Waals surface area contributed by atoms with Crippen molar-refractivity contribution < 1.29 is 4.79 Å². The Morgan fingerprint density at radius 1 is 1.64 bits per heavy atom. The molecule has 1 amide bonds. The van der Waals surface area contributed by atoms with Crippen molar-refractivity contribution in [3.63, 3.8) is 0 Å². The maximum absolute atomic E-state index is 11.5. The molecule has 2 rings (SSSR count). The molecule has 1 aromatic rings. The van der Waals surface area contributed by atoms with E-state index < -0.39 is 0 Å². The van der Waals surface area contributed by atoms with Crippen molar-refractivity contribution >= 4 is 34.3 Å². The van der Waals surface area contributed by atoms with Gasteiger partial charge in [-0.05, 0) is 47.1 Å². The third-order valence-electron chi connectivity index (χ3n) is 2.42. The van der Waals surface area contributed by atoms with Crippen LogP contribution in [0.25, 0.3) is 0 Å². The first-order valence-electron chi connectivity index (χ1n) is 4.59. The maximum atomic E-state index is 11.5. The van der Waals surface area contributed by atoms with Crippen LogP contribution in [0.1, 0.15) is 13.3 Å². The van der Waals surface area contributed by atoms with E-state index in [0.29, 0.717) is 11.7 Å². The number of carbonyl (C=O) groups is 1. The number of nitrogens with one attached hydrogen (secondary N) is 1. The van der Waals surface area contributed by atoms with Crippen LogP contribution in [0.5, 0.6) is 0 Å². The Balaban J connectivity index is 1.97. The van der Waals surface area contributed by atoms with Gasteiger partial charge in [-0.2, -0.15) is 0 Å². The van der Waals surface area contributed by atoms with Gasteiger partial charge in [0.25, 0.3) is 0 Å². The summed E-state index contributed by atoms with van der Waals surface area (Å²) < 4.78 is 1.07. The summed E-state index contributed by atoms with van der Waals surface area (Å²) in [6, 6.07) is 3.76. The number of anilines is 1. The molecule has 1 heterocycles. The first kappa shape index (κ1) is 9.89. The van der Waals surface area contributed by atoms with Crippen LogP contribution in [-0.4, -0.2) is 10.9 Å². The number of rotatable bonds is 2. The molecule has 1 aliphatic carbocycles. The fourth-order valence-electron chi connectivity index (χ4n) is 1.36. The summed E-state index contributed by atoms with van der Waals surface area (Å²) in [4.78, 5) is 15.6. The Morgan fingerprint density at radius 3 is 2.86 bits per heavy atom. The highest BCUT2D eigenvalue weighted by Gasteiger charge is 2.39. The van der Waals surface area contributed by atoms with Crippen LogP contribution in [0.3, 0.4) is 0 Å². The van der Waals surface area contributed by atoms with Crippen LogP contribution < -0.4 is 5.32 Å². The lowest BCUT2D eigenvalue weighted by Gasteiger charge is -2.02. The van der Waals surface area contributed by atoms with Crippen LogP contribution in [-0.2, 0) is 4.79 Å². The van der Waals surface area contributed by atoms with Crippen LogP contribution in [0, 0.1) is 15.4 Å². The molecule has 0 unspecified atom stereocenters. The normalized spacial score (nSPS) is 24.4. The number of amides is 1. The lowest BCUT2D eigenvalue weighted by Crippen LogP contribution is -2.15. The van der Waals surface area contributed by atoms with Gasteiger partial charge >= 0.3 is 0 Å². The fraction of sp³-hybridized carbons (Fsp3) is 0.400. The molecular weight excluding hydrogens is 291 g/mol. The molecule has 74 valence electrons. The molecule has 0 saturated heterocycles. The third-order valence-corrected chi connectivity index (χ3v) is 3.06. The lowest BCUT2D eigenvalue weighted by atomic mass is 10.3. The standard InChI is InChI=1S/C10H11IN2O/c1-6-4-8(6)10(14)13-9-3-2-7(11)5-12-9/h2-3,5-6,8H,4H2,1H3,(H,12,13,14)/t6-,8+/m1/s1. The zero-order valence-electron chi connectivity index (χ0n) is 7.83. The number of nitrogens with zero attached hydrogens (tertiary/aromatic N) is 1. The van der Waals surface area contributed by atoms with Crippen LogP contribution in [0.4, 0.5) is 5.82 Å². The number of aromatic nitrogens is 1. The Kier molecular flexibility index (Phi) is 2.71. The molecule has 0 bridgehead atoms. The first-order valence-corrected chi connectivity index (χ1v) is 5.67. The van der Waals surface area contributed by atoms with E-state index in [0.717, 1.165) is 9.99 Å². The molecular formula is C10H11IN2O. The fourth-order valence-corrected chi connectivity index (χ4v) is 1.68. The van der Waals surface area contributed by atoms with E-state index in [9.17, 15) is 4.79 Å². The molecule has 14 heavy (non-hydrogen) atoms. The SMILES string of the molecule is C[C@@H]1C[C@@H]1C(=O)Nc1ccc(I)cn1. The summed E-state index contributed by atoms with van der Waals surface area (Å²) in [6.45, 7) is 2.09. The van der Waals surface area contributed by atoms with Crippen LogP contribution in [0.15, 0.2) is 18.3 Å². The summed E-state index contributed by atoms with van der Waals surface area (Å²) in [6.07, 6.45) is 2.75. The molecule has 3 nitrogen and oxygen atoms in total. The minimum atomic E-state index is 0.103. The minimum Gasteiger partial charge on any atom is -0.310 e. The second-order valence-corrected chi connectivity index (χ2v) is 4.92. The summed E-state index contributed by atoms with van der Waals surface area (Å²) >= 11 is 2.18. The van der Waals surface area contributed by atoms with Gasteiger partial charge < -0.3 is 5.32 Å². The monoisotopic (exact) mass is 302 g/mol. The van der Waals surface area contributed by atoms with Gasteiger partial charge in [0, 0.05) is 15.7 Å². The predicted octanol–water partition coefficient (Wildman–Crippen LogP) is 2.28. The summed E-state index contributed by atoms with van der Waals surface area (Å²) in [7, 11) is 0. The van der Waals surface area contributed by atoms with Gasteiger partial charge in [0.05, 0.1) is 0 Å². The quantitative estimate of drug-likeness (QED) is 0.852. The Morgan fingerprint density at radius 2 is 2.36 bits per heavy atom. The molecule has 1 saturated carbocycles. The van der Waals surface area contributed by atoms with Crippen molar-refractivity contribution in [2.75, 3.05) is 5.32 Å². The van der Waals surface area contributed by atoms with E-state index in [1.165, 1.54) is 0 Å². The average Bonchev–Trinajstić information content (AvgIpc) is 2.87. The summed E-state index contributed by atoms with van der Waals surface area (Å²) in [5, 5.41) is 2.81. The molecule has 1 N–H and O–H groups in total. The van der Waals surface area contributed by atoms with Gasteiger partial charge in [0.1, 0.15) is 5.82 Å².